The molecule has 1 aliphatic rings. The summed E-state index contributed by atoms with van der Waals surface area (Å²) in [7, 11) is 0. The van der Waals surface area contributed by atoms with Gasteiger partial charge in [0.15, 0.2) is 0 Å². The number of fused-ring (bicyclic) bond motifs is 1. The predicted molar refractivity (Wildman–Crippen MR) is 72.7 cm³/mol. The number of nitrogens with zero attached hydrogens (tertiary/aromatic N) is 2. The molecule has 3 rings (SSSR count). The van der Waals surface area contributed by atoms with Gasteiger partial charge < -0.3 is 15.1 Å². The first-order valence-corrected chi connectivity index (χ1v) is 6.69. The molecule has 2 aromatic rings. The zero-order chi connectivity index (χ0) is 12.4. The average molecular weight is 245 g/mol. The molecule has 3 heterocycles. The molecule has 2 aromatic heterocycles. The Hall–Kier alpha value is -1.55. The van der Waals surface area contributed by atoms with Crippen molar-refractivity contribution in [2.24, 2.45) is 5.73 Å². The number of nitrogens with two attached hydrogens (primary N) is 1. The van der Waals surface area contributed by atoms with E-state index >= 15 is 0 Å². The van der Waals surface area contributed by atoms with E-state index in [-0.39, 0.29) is 0 Å². The minimum Gasteiger partial charge on any atom is -0.464 e. The van der Waals surface area contributed by atoms with Crippen molar-refractivity contribution < 1.29 is 4.42 Å². The van der Waals surface area contributed by atoms with Crippen molar-refractivity contribution in [2.45, 2.75) is 31.7 Å². The van der Waals surface area contributed by atoms with Gasteiger partial charge in [0.1, 0.15) is 11.4 Å². The predicted octanol–water partition coefficient (Wildman–Crippen LogP) is 2.54. The fraction of sp³-hybridized carbons (Fsp3) is 0.500. The smallest absolute Gasteiger partial charge is 0.139 e. The molecule has 0 amide bonds. The Morgan fingerprint density at radius 1 is 1.33 bits per heavy atom. The summed E-state index contributed by atoms with van der Waals surface area (Å²) in [6.07, 6.45) is 8.47. The van der Waals surface area contributed by atoms with Gasteiger partial charge in [0.05, 0.1) is 11.6 Å². The normalized spacial score (nSPS) is 21.2. The molecule has 1 fully saturated rings. The Kier molecular flexibility index (Phi) is 3.19. The lowest BCUT2D eigenvalue weighted by molar-refractivity contribution is 0.576. The van der Waals surface area contributed by atoms with Crippen LogP contribution in [0, 0.1) is 0 Å². The molecule has 0 aromatic carbocycles. The summed E-state index contributed by atoms with van der Waals surface area (Å²) in [6, 6.07) is 4.31. The van der Waals surface area contributed by atoms with Gasteiger partial charge in [-0.05, 0) is 25.0 Å². The number of pyridine rings is 1. The minimum absolute atomic E-state index is 0.403. The second-order valence-corrected chi connectivity index (χ2v) is 4.90. The number of rotatable bonds is 2. The van der Waals surface area contributed by atoms with Crippen LogP contribution in [0.4, 0.5) is 5.82 Å². The topological polar surface area (TPSA) is 55.3 Å². The van der Waals surface area contributed by atoms with Gasteiger partial charge in [0, 0.05) is 25.3 Å². The van der Waals surface area contributed by atoms with Gasteiger partial charge in [-0.15, -0.1) is 0 Å². The third-order valence-electron chi connectivity index (χ3n) is 3.78. The van der Waals surface area contributed by atoms with Gasteiger partial charge in [-0.2, -0.15) is 0 Å². The van der Waals surface area contributed by atoms with E-state index in [1.807, 2.05) is 18.3 Å². The van der Waals surface area contributed by atoms with Crippen molar-refractivity contribution in [2.75, 3.05) is 18.0 Å². The fourth-order valence-electron chi connectivity index (χ4n) is 2.81. The third kappa shape index (κ3) is 1.97. The molecule has 0 saturated carbocycles. The van der Waals surface area contributed by atoms with Crippen LogP contribution in [0.5, 0.6) is 0 Å². The van der Waals surface area contributed by atoms with Crippen LogP contribution in [-0.2, 0) is 0 Å². The molecular weight excluding hydrogens is 226 g/mol. The number of hydrogen-bond acceptors (Lipinski definition) is 4. The van der Waals surface area contributed by atoms with Gasteiger partial charge in [-0.25, -0.2) is 4.98 Å². The van der Waals surface area contributed by atoms with Gasteiger partial charge >= 0.3 is 0 Å². The highest BCUT2D eigenvalue weighted by atomic mass is 16.3. The lowest BCUT2D eigenvalue weighted by Gasteiger charge is -2.30. The van der Waals surface area contributed by atoms with E-state index in [0.717, 1.165) is 29.8 Å². The Morgan fingerprint density at radius 3 is 3.17 bits per heavy atom. The lowest BCUT2D eigenvalue weighted by Crippen LogP contribution is -2.40. The molecule has 1 saturated heterocycles. The zero-order valence-corrected chi connectivity index (χ0v) is 10.5. The number of furan rings is 1. The molecule has 0 radical (unpaired) electrons. The SMILES string of the molecule is NCC1CCCCCN1c1nccc2occc12. The molecule has 18 heavy (non-hydrogen) atoms. The summed E-state index contributed by atoms with van der Waals surface area (Å²) in [5, 5.41) is 1.10. The van der Waals surface area contributed by atoms with E-state index in [1.54, 1.807) is 6.26 Å². The summed E-state index contributed by atoms with van der Waals surface area (Å²) >= 11 is 0. The van der Waals surface area contributed by atoms with E-state index in [4.69, 9.17) is 10.2 Å². The summed E-state index contributed by atoms with van der Waals surface area (Å²) in [5.74, 6) is 1.03. The highest BCUT2D eigenvalue weighted by Crippen LogP contribution is 2.29. The maximum atomic E-state index is 5.93. The second kappa shape index (κ2) is 4.98. The van der Waals surface area contributed by atoms with E-state index in [2.05, 4.69) is 9.88 Å². The summed E-state index contributed by atoms with van der Waals surface area (Å²) < 4.78 is 5.45. The van der Waals surface area contributed by atoms with Gasteiger partial charge in [0.25, 0.3) is 0 Å². The summed E-state index contributed by atoms with van der Waals surface area (Å²) in [5.41, 5.74) is 6.83. The standard InChI is InChI=1S/C14H19N3O/c15-10-11-4-2-1-3-8-17(11)14-12-6-9-18-13(12)5-7-16-14/h5-7,9,11H,1-4,8,10,15H2. The first-order chi connectivity index (χ1) is 8.90. The maximum Gasteiger partial charge on any atom is 0.139 e. The maximum absolute atomic E-state index is 5.93. The molecule has 0 bridgehead atoms. The minimum atomic E-state index is 0.403. The third-order valence-corrected chi connectivity index (χ3v) is 3.78. The van der Waals surface area contributed by atoms with Gasteiger partial charge in [-0.3, -0.25) is 0 Å². The van der Waals surface area contributed by atoms with Crippen molar-refractivity contribution in [3.8, 4) is 0 Å². The summed E-state index contributed by atoms with van der Waals surface area (Å²) in [6.45, 7) is 1.73. The fourth-order valence-corrected chi connectivity index (χ4v) is 2.81. The molecular formula is C14H19N3O. The van der Waals surface area contributed by atoms with Crippen molar-refractivity contribution >= 4 is 16.8 Å². The molecule has 2 N–H and O–H groups in total. The summed E-state index contributed by atoms with van der Waals surface area (Å²) in [4.78, 5) is 6.92. The molecule has 1 unspecified atom stereocenters. The van der Waals surface area contributed by atoms with Gasteiger partial charge in [-0.1, -0.05) is 12.8 Å². The average Bonchev–Trinajstić information content (AvgIpc) is 2.76. The highest BCUT2D eigenvalue weighted by Gasteiger charge is 2.22. The van der Waals surface area contributed by atoms with Crippen LogP contribution in [0.2, 0.25) is 0 Å². The molecule has 1 atom stereocenters. The van der Waals surface area contributed by atoms with Crippen LogP contribution in [-0.4, -0.2) is 24.1 Å². The second-order valence-electron chi connectivity index (χ2n) is 4.90. The molecule has 96 valence electrons. The van der Waals surface area contributed by atoms with E-state index in [1.165, 1.54) is 19.3 Å². The van der Waals surface area contributed by atoms with E-state index < -0.39 is 0 Å². The Morgan fingerprint density at radius 2 is 2.28 bits per heavy atom. The molecule has 0 spiro atoms. The number of aromatic nitrogens is 1. The largest absolute Gasteiger partial charge is 0.464 e. The Labute approximate surface area is 107 Å². The zero-order valence-electron chi connectivity index (χ0n) is 10.5. The van der Waals surface area contributed by atoms with Crippen molar-refractivity contribution in [3.05, 3.63) is 24.6 Å². The van der Waals surface area contributed by atoms with Gasteiger partial charge in [0.2, 0.25) is 0 Å². The van der Waals surface area contributed by atoms with Crippen molar-refractivity contribution in [1.82, 2.24) is 4.98 Å². The Bertz CT molecular complexity index is 522. The van der Waals surface area contributed by atoms with Crippen LogP contribution in [0.3, 0.4) is 0 Å². The van der Waals surface area contributed by atoms with E-state index in [9.17, 15) is 0 Å². The number of hydrogen-bond donors (Lipinski definition) is 1. The van der Waals surface area contributed by atoms with Crippen LogP contribution in [0.15, 0.2) is 29.0 Å². The first kappa shape index (κ1) is 11.5. The highest BCUT2D eigenvalue weighted by molar-refractivity contribution is 5.88. The molecule has 0 aliphatic carbocycles. The molecule has 4 nitrogen and oxygen atoms in total. The molecule has 1 aliphatic heterocycles. The quantitative estimate of drug-likeness (QED) is 0.883. The van der Waals surface area contributed by atoms with Crippen molar-refractivity contribution in [1.29, 1.82) is 0 Å². The van der Waals surface area contributed by atoms with Crippen molar-refractivity contribution in [3.63, 3.8) is 0 Å². The molecule has 4 heteroatoms. The monoisotopic (exact) mass is 245 g/mol. The Balaban J connectivity index is 2.02. The van der Waals surface area contributed by atoms with Crippen LogP contribution in [0.1, 0.15) is 25.7 Å². The van der Waals surface area contributed by atoms with Crippen LogP contribution < -0.4 is 10.6 Å². The number of anilines is 1. The lowest BCUT2D eigenvalue weighted by atomic mass is 10.1. The first-order valence-electron chi connectivity index (χ1n) is 6.69. The van der Waals surface area contributed by atoms with E-state index in [0.29, 0.717) is 12.6 Å². The van der Waals surface area contributed by atoms with Crippen LogP contribution >= 0.6 is 0 Å². The van der Waals surface area contributed by atoms with Crippen LogP contribution in [0.25, 0.3) is 11.0 Å².